The van der Waals surface area contributed by atoms with Crippen molar-refractivity contribution in [2.45, 2.75) is 25.6 Å². The Morgan fingerprint density at radius 3 is 2.58 bits per heavy atom. The minimum atomic E-state index is -4.46. The molecule has 1 N–H and O–H groups in total. The van der Waals surface area contributed by atoms with Crippen molar-refractivity contribution in [3.63, 3.8) is 0 Å². The number of carbonyl (C=O) groups excluding carboxylic acids is 1. The molecule has 1 unspecified atom stereocenters. The largest absolute Gasteiger partial charge is 0.417 e. The van der Waals surface area contributed by atoms with Crippen molar-refractivity contribution in [2.75, 3.05) is 5.01 Å². The number of alkyl halides is 3. The van der Waals surface area contributed by atoms with Crippen molar-refractivity contribution in [2.24, 2.45) is 0 Å². The highest BCUT2D eigenvalue weighted by molar-refractivity contribution is 6.31. The fourth-order valence-electron chi connectivity index (χ4n) is 2.82. The predicted octanol–water partition coefficient (Wildman–Crippen LogP) is 4.16. The Bertz CT molecular complexity index is 850. The molecule has 1 aromatic heterocycles. The summed E-state index contributed by atoms with van der Waals surface area (Å²) in [6.07, 6.45) is -2.54. The van der Waals surface area contributed by atoms with E-state index in [0.29, 0.717) is 11.4 Å². The third-order valence-electron chi connectivity index (χ3n) is 4.19. The van der Waals surface area contributed by atoms with Gasteiger partial charge in [0.2, 0.25) is 0 Å². The van der Waals surface area contributed by atoms with E-state index in [1.807, 2.05) is 18.2 Å². The van der Waals surface area contributed by atoms with Crippen molar-refractivity contribution >= 4 is 23.7 Å². The minimum absolute atomic E-state index is 0.226. The summed E-state index contributed by atoms with van der Waals surface area (Å²) in [6.45, 7) is 1.80. The molecule has 0 amide bonds. The highest BCUT2D eigenvalue weighted by Gasteiger charge is 2.34. The third kappa shape index (κ3) is 3.53. The highest BCUT2D eigenvalue weighted by Crippen LogP contribution is 2.32. The van der Waals surface area contributed by atoms with E-state index < -0.39 is 17.8 Å². The van der Waals surface area contributed by atoms with Gasteiger partial charge < -0.3 is 10.2 Å². The summed E-state index contributed by atoms with van der Waals surface area (Å²) >= 11 is 6.19. The number of rotatable bonds is 4. The fourth-order valence-corrected chi connectivity index (χ4v) is 3.03. The lowest BCUT2D eigenvalue weighted by Crippen LogP contribution is -2.41. The predicted molar refractivity (Wildman–Crippen MR) is 92.6 cm³/mol. The first-order valence-electron chi connectivity index (χ1n) is 7.78. The van der Waals surface area contributed by atoms with E-state index in [1.165, 1.54) is 11.1 Å². The minimum Gasteiger partial charge on any atom is -0.301 e. The van der Waals surface area contributed by atoms with Gasteiger partial charge in [-0.05, 0) is 42.7 Å². The van der Waals surface area contributed by atoms with Gasteiger partial charge in [-0.25, -0.2) is 4.98 Å². The number of allylic oxidation sites excluding steroid dienone is 1. The maximum atomic E-state index is 12.7. The summed E-state index contributed by atoms with van der Waals surface area (Å²) < 4.78 is 38.1. The van der Waals surface area contributed by atoms with Crippen molar-refractivity contribution in [3.8, 4) is 0 Å². The number of halogens is 4. The summed E-state index contributed by atoms with van der Waals surface area (Å²) in [6, 6.07) is 8.78. The van der Waals surface area contributed by atoms with Gasteiger partial charge in [-0.3, -0.25) is 5.01 Å². The second kappa shape index (κ2) is 6.99. The van der Waals surface area contributed by atoms with E-state index in [9.17, 15) is 18.0 Å². The average molecular weight is 382 g/mol. The van der Waals surface area contributed by atoms with Crippen LogP contribution in [0, 0.1) is 0 Å². The number of hydrazine groups is 1. The highest BCUT2D eigenvalue weighted by atomic mass is 35.5. The topological polar surface area (TPSA) is 45.2 Å². The zero-order valence-electron chi connectivity index (χ0n) is 13.7. The van der Waals surface area contributed by atoms with Gasteiger partial charge in [0.25, 0.3) is 0 Å². The molecule has 0 radical (unpaired) electrons. The molecule has 1 aliphatic heterocycles. The Balaban J connectivity index is 1.86. The summed E-state index contributed by atoms with van der Waals surface area (Å²) in [5, 5.41) is 2.04. The molecule has 0 saturated carbocycles. The SMILES string of the molecule is CC1=C(Cc2ccccc2Cl)C(C=O)N(c2ccc(C(F)(F)F)cn2)N1. The maximum Gasteiger partial charge on any atom is 0.417 e. The van der Waals surface area contributed by atoms with E-state index in [2.05, 4.69) is 10.4 Å². The molecule has 0 bridgehead atoms. The number of hydrogen-bond acceptors (Lipinski definition) is 4. The van der Waals surface area contributed by atoms with Crippen LogP contribution in [0.25, 0.3) is 0 Å². The molecule has 0 saturated heterocycles. The average Bonchev–Trinajstić information content (AvgIpc) is 2.92. The van der Waals surface area contributed by atoms with Crippen LogP contribution in [0.5, 0.6) is 0 Å². The first-order valence-corrected chi connectivity index (χ1v) is 8.16. The molecule has 1 aliphatic rings. The van der Waals surface area contributed by atoms with E-state index in [1.54, 1.807) is 13.0 Å². The Morgan fingerprint density at radius 2 is 2.00 bits per heavy atom. The number of nitrogens with zero attached hydrogens (tertiary/aromatic N) is 2. The number of aromatic nitrogens is 1. The van der Waals surface area contributed by atoms with Gasteiger partial charge in [-0.2, -0.15) is 13.2 Å². The van der Waals surface area contributed by atoms with Crippen LogP contribution in [0.15, 0.2) is 53.9 Å². The first-order chi connectivity index (χ1) is 12.3. The number of anilines is 1. The first kappa shape index (κ1) is 18.3. The Morgan fingerprint density at radius 1 is 1.27 bits per heavy atom. The van der Waals surface area contributed by atoms with E-state index in [4.69, 9.17) is 11.6 Å². The Hall–Kier alpha value is -2.54. The fraction of sp³-hybridized carbons (Fsp3) is 0.222. The van der Waals surface area contributed by atoms with E-state index >= 15 is 0 Å². The molecule has 0 spiro atoms. The smallest absolute Gasteiger partial charge is 0.301 e. The normalized spacial score (nSPS) is 17.4. The molecule has 2 aromatic rings. The lowest BCUT2D eigenvalue weighted by molar-refractivity contribution is -0.137. The number of pyridine rings is 1. The van der Waals surface area contributed by atoms with Crippen molar-refractivity contribution in [1.29, 1.82) is 0 Å². The van der Waals surface area contributed by atoms with Gasteiger partial charge in [0.1, 0.15) is 18.1 Å². The monoisotopic (exact) mass is 381 g/mol. The van der Waals surface area contributed by atoms with Gasteiger partial charge in [0, 0.05) is 16.9 Å². The molecule has 3 rings (SSSR count). The van der Waals surface area contributed by atoms with Gasteiger partial charge in [0.05, 0.1) is 5.56 Å². The number of hydrogen-bond donors (Lipinski definition) is 1. The molecule has 4 nitrogen and oxygen atoms in total. The molecular formula is C18H15ClF3N3O. The van der Waals surface area contributed by atoms with Crippen LogP contribution in [0.2, 0.25) is 5.02 Å². The van der Waals surface area contributed by atoms with Crippen LogP contribution in [0.4, 0.5) is 19.0 Å². The van der Waals surface area contributed by atoms with Gasteiger partial charge in [-0.15, -0.1) is 0 Å². The van der Waals surface area contributed by atoms with Crippen LogP contribution in [-0.2, 0) is 17.4 Å². The van der Waals surface area contributed by atoms with Gasteiger partial charge in [-0.1, -0.05) is 29.8 Å². The maximum absolute atomic E-state index is 12.7. The van der Waals surface area contributed by atoms with Crippen LogP contribution < -0.4 is 10.4 Å². The lowest BCUT2D eigenvalue weighted by atomic mass is 9.98. The number of benzene rings is 1. The van der Waals surface area contributed by atoms with Gasteiger partial charge in [0.15, 0.2) is 0 Å². The second-order valence-corrected chi connectivity index (χ2v) is 6.29. The molecule has 1 aromatic carbocycles. The molecule has 8 heteroatoms. The van der Waals surface area contributed by atoms with Crippen LogP contribution in [0.3, 0.4) is 0 Å². The van der Waals surface area contributed by atoms with E-state index in [-0.39, 0.29) is 5.82 Å². The summed E-state index contributed by atoms with van der Waals surface area (Å²) in [5.41, 5.74) is 4.56. The third-order valence-corrected chi connectivity index (χ3v) is 4.56. The quantitative estimate of drug-likeness (QED) is 0.808. The zero-order valence-corrected chi connectivity index (χ0v) is 14.5. The molecule has 0 fully saturated rings. The number of carbonyl (C=O) groups is 1. The van der Waals surface area contributed by atoms with Crippen LogP contribution in [-0.4, -0.2) is 17.3 Å². The molecular weight excluding hydrogens is 367 g/mol. The van der Waals surface area contributed by atoms with Crippen LogP contribution in [0.1, 0.15) is 18.1 Å². The summed E-state index contributed by atoms with van der Waals surface area (Å²) in [7, 11) is 0. The van der Waals surface area contributed by atoms with Crippen molar-refractivity contribution in [3.05, 3.63) is 70.0 Å². The molecule has 2 heterocycles. The zero-order chi connectivity index (χ0) is 18.9. The van der Waals surface area contributed by atoms with Crippen molar-refractivity contribution < 1.29 is 18.0 Å². The summed E-state index contributed by atoms with van der Waals surface area (Å²) in [5.74, 6) is 0.226. The Kier molecular flexibility index (Phi) is 4.91. The molecule has 1 atom stereocenters. The van der Waals surface area contributed by atoms with Gasteiger partial charge >= 0.3 is 6.18 Å². The van der Waals surface area contributed by atoms with Crippen molar-refractivity contribution in [1.82, 2.24) is 10.4 Å². The molecule has 136 valence electrons. The molecule has 26 heavy (non-hydrogen) atoms. The van der Waals surface area contributed by atoms with E-state index in [0.717, 1.165) is 35.4 Å². The Labute approximate surface area is 153 Å². The lowest BCUT2D eigenvalue weighted by Gasteiger charge is -2.24. The standard InChI is InChI=1S/C18H15ClF3N3O/c1-11-14(8-12-4-2-3-5-15(12)19)16(10-26)25(24-11)17-7-6-13(9-23-17)18(20,21)22/h2-7,9-10,16,24H,8H2,1H3. The number of aldehydes is 1. The number of nitrogens with one attached hydrogen (secondary N) is 1. The molecule has 0 aliphatic carbocycles. The van der Waals surface area contributed by atoms with Crippen LogP contribution >= 0.6 is 11.6 Å². The summed E-state index contributed by atoms with van der Waals surface area (Å²) in [4.78, 5) is 15.5. The second-order valence-electron chi connectivity index (χ2n) is 5.88.